The smallest absolute Gasteiger partial charge is 0.0705 e. The third-order valence-corrected chi connectivity index (χ3v) is 4.89. The van der Waals surface area contributed by atoms with Crippen molar-refractivity contribution in [1.29, 1.82) is 0 Å². The Labute approximate surface area is 136 Å². The largest absolute Gasteiger partial charge is 0.320 e. The van der Waals surface area contributed by atoms with Crippen LogP contribution in [0.25, 0.3) is 10.9 Å². The zero-order valence-electron chi connectivity index (χ0n) is 10.6. The predicted molar refractivity (Wildman–Crippen MR) is 91.9 cm³/mol. The Morgan fingerprint density at radius 3 is 2.75 bits per heavy atom. The van der Waals surface area contributed by atoms with E-state index >= 15 is 0 Å². The average Bonchev–Trinajstić information content (AvgIpc) is 2.49. The predicted octanol–water partition coefficient (Wildman–Crippen LogP) is 4.54. The molecule has 1 unspecified atom stereocenters. The molecule has 20 heavy (non-hydrogen) atoms. The van der Waals surface area contributed by atoms with Gasteiger partial charge in [-0.1, -0.05) is 35.9 Å². The van der Waals surface area contributed by atoms with Crippen LogP contribution < -0.4 is 5.73 Å². The van der Waals surface area contributed by atoms with Crippen LogP contribution in [-0.2, 0) is 0 Å². The fraction of sp³-hybridized carbons (Fsp3) is 0.0625. The quantitative estimate of drug-likeness (QED) is 0.648. The van der Waals surface area contributed by atoms with Gasteiger partial charge in [0.1, 0.15) is 0 Å². The van der Waals surface area contributed by atoms with Gasteiger partial charge in [-0.3, -0.25) is 4.98 Å². The molecule has 3 rings (SSSR count). The van der Waals surface area contributed by atoms with Crippen LogP contribution in [0.15, 0.2) is 54.7 Å². The monoisotopic (exact) mass is 394 g/mol. The molecular weight excluding hydrogens is 383 g/mol. The van der Waals surface area contributed by atoms with E-state index in [0.29, 0.717) is 0 Å². The molecule has 2 aromatic carbocycles. The van der Waals surface area contributed by atoms with Crippen LogP contribution in [0.4, 0.5) is 0 Å². The van der Waals surface area contributed by atoms with Crippen molar-refractivity contribution in [2.24, 2.45) is 5.73 Å². The Morgan fingerprint density at radius 2 is 1.95 bits per heavy atom. The fourth-order valence-electron chi connectivity index (χ4n) is 2.28. The number of hydrogen-bond donors (Lipinski definition) is 1. The molecule has 0 radical (unpaired) electrons. The van der Waals surface area contributed by atoms with Gasteiger partial charge in [-0.15, -0.1) is 0 Å². The Bertz CT molecular complexity index is 768. The maximum atomic E-state index is 6.41. The summed E-state index contributed by atoms with van der Waals surface area (Å²) in [6.45, 7) is 0. The number of nitrogens with two attached hydrogens (primary N) is 1. The number of pyridine rings is 1. The van der Waals surface area contributed by atoms with Crippen molar-refractivity contribution in [2.45, 2.75) is 6.04 Å². The molecule has 0 aliphatic rings. The lowest BCUT2D eigenvalue weighted by molar-refractivity contribution is 0.880. The highest BCUT2D eigenvalue weighted by Crippen LogP contribution is 2.29. The number of rotatable bonds is 2. The molecule has 100 valence electrons. The number of hydrogen-bond acceptors (Lipinski definition) is 2. The first-order chi connectivity index (χ1) is 9.66. The summed E-state index contributed by atoms with van der Waals surface area (Å²) in [4.78, 5) is 4.37. The number of aromatic nitrogens is 1. The molecule has 0 amide bonds. The molecule has 2 N–H and O–H groups in total. The molecule has 2 nitrogen and oxygen atoms in total. The third kappa shape index (κ3) is 2.53. The normalized spacial score (nSPS) is 12.6. The molecule has 0 fully saturated rings. The molecule has 1 atom stereocenters. The lowest BCUT2D eigenvalue weighted by Crippen LogP contribution is -2.12. The molecule has 3 aromatic rings. The van der Waals surface area contributed by atoms with Gasteiger partial charge in [-0.25, -0.2) is 0 Å². The van der Waals surface area contributed by atoms with E-state index < -0.39 is 0 Å². The fourth-order valence-corrected chi connectivity index (χ4v) is 2.81. The van der Waals surface area contributed by atoms with Gasteiger partial charge in [0.05, 0.1) is 16.6 Å². The Hall–Kier alpha value is -1.17. The summed E-state index contributed by atoms with van der Waals surface area (Å²) in [6.07, 6.45) is 1.79. The van der Waals surface area contributed by atoms with Crippen LogP contribution >= 0.6 is 34.2 Å². The lowest BCUT2D eigenvalue weighted by Gasteiger charge is -2.15. The Kier molecular flexibility index (Phi) is 3.92. The molecule has 0 saturated carbocycles. The van der Waals surface area contributed by atoms with Gasteiger partial charge in [-0.2, -0.15) is 0 Å². The van der Waals surface area contributed by atoms with Crippen LogP contribution in [0.3, 0.4) is 0 Å². The molecule has 0 saturated heterocycles. The highest BCUT2D eigenvalue weighted by molar-refractivity contribution is 14.1. The van der Waals surface area contributed by atoms with Gasteiger partial charge < -0.3 is 5.73 Å². The zero-order chi connectivity index (χ0) is 14.1. The van der Waals surface area contributed by atoms with Crippen LogP contribution in [-0.4, -0.2) is 4.98 Å². The third-order valence-electron chi connectivity index (χ3n) is 3.32. The maximum absolute atomic E-state index is 6.41. The molecular formula is C16H12ClIN2. The minimum atomic E-state index is -0.211. The molecule has 0 aliphatic carbocycles. The van der Waals surface area contributed by atoms with Crippen molar-refractivity contribution < 1.29 is 0 Å². The first-order valence-electron chi connectivity index (χ1n) is 6.21. The summed E-state index contributed by atoms with van der Waals surface area (Å²) in [5.74, 6) is 0. The van der Waals surface area contributed by atoms with E-state index in [9.17, 15) is 0 Å². The van der Waals surface area contributed by atoms with Crippen molar-refractivity contribution in [1.82, 2.24) is 4.98 Å². The van der Waals surface area contributed by atoms with Crippen LogP contribution in [0, 0.1) is 3.57 Å². The second-order valence-electron chi connectivity index (χ2n) is 4.57. The van der Waals surface area contributed by atoms with Gasteiger partial charge in [-0.05, 0) is 58.0 Å². The number of halogens is 2. The van der Waals surface area contributed by atoms with E-state index in [-0.39, 0.29) is 6.04 Å². The van der Waals surface area contributed by atoms with Crippen molar-refractivity contribution in [3.05, 3.63) is 74.4 Å². The summed E-state index contributed by atoms with van der Waals surface area (Å²) in [5.41, 5.74) is 9.44. The van der Waals surface area contributed by atoms with Gasteiger partial charge in [0.25, 0.3) is 0 Å². The molecule has 4 heteroatoms. The number of fused-ring (bicyclic) bond motifs is 1. The minimum absolute atomic E-state index is 0.211. The van der Waals surface area contributed by atoms with Crippen LogP contribution in [0.5, 0.6) is 0 Å². The van der Waals surface area contributed by atoms with E-state index in [1.165, 1.54) is 0 Å². The summed E-state index contributed by atoms with van der Waals surface area (Å²) >= 11 is 8.40. The average molecular weight is 395 g/mol. The molecule has 1 heterocycles. The summed E-state index contributed by atoms with van der Waals surface area (Å²) < 4.78 is 1.03. The van der Waals surface area contributed by atoms with Crippen molar-refractivity contribution >= 4 is 45.1 Å². The van der Waals surface area contributed by atoms with E-state index in [1.54, 1.807) is 6.20 Å². The van der Waals surface area contributed by atoms with Crippen molar-refractivity contribution in [2.75, 3.05) is 0 Å². The Balaban J connectivity index is 2.12. The van der Waals surface area contributed by atoms with Crippen LogP contribution in [0.1, 0.15) is 17.2 Å². The van der Waals surface area contributed by atoms with Crippen molar-refractivity contribution in [3.63, 3.8) is 0 Å². The van der Waals surface area contributed by atoms with E-state index in [0.717, 1.165) is 30.6 Å². The Morgan fingerprint density at radius 1 is 1.10 bits per heavy atom. The summed E-state index contributed by atoms with van der Waals surface area (Å²) in [5, 5.41) is 1.81. The van der Waals surface area contributed by atoms with Gasteiger partial charge in [0.15, 0.2) is 0 Å². The molecule has 0 bridgehead atoms. The number of benzene rings is 2. The first kappa shape index (κ1) is 13.8. The topological polar surface area (TPSA) is 38.9 Å². The van der Waals surface area contributed by atoms with E-state index in [1.807, 2.05) is 48.5 Å². The second kappa shape index (κ2) is 5.68. The van der Waals surface area contributed by atoms with Crippen molar-refractivity contribution in [3.8, 4) is 0 Å². The molecule has 1 aromatic heterocycles. The van der Waals surface area contributed by atoms with Crippen LogP contribution in [0.2, 0.25) is 5.02 Å². The first-order valence-corrected chi connectivity index (χ1v) is 7.66. The summed E-state index contributed by atoms with van der Waals surface area (Å²) in [6, 6.07) is 15.7. The summed E-state index contributed by atoms with van der Waals surface area (Å²) in [7, 11) is 0. The van der Waals surface area contributed by atoms with Gasteiger partial charge in [0, 0.05) is 15.2 Å². The zero-order valence-corrected chi connectivity index (χ0v) is 13.5. The molecule has 0 spiro atoms. The lowest BCUT2D eigenvalue weighted by atomic mass is 9.96. The van der Waals surface area contributed by atoms with E-state index in [2.05, 4.69) is 27.6 Å². The van der Waals surface area contributed by atoms with E-state index in [4.69, 9.17) is 17.3 Å². The maximum Gasteiger partial charge on any atom is 0.0705 e. The second-order valence-corrected chi connectivity index (χ2v) is 6.14. The highest BCUT2D eigenvalue weighted by Gasteiger charge is 2.13. The SMILES string of the molecule is NC(c1ccc(I)c(Cl)c1)c1cccc2ncccc12. The standard InChI is InChI=1S/C16H12ClIN2/c17-13-9-10(6-7-14(13)18)16(19)12-3-1-5-15-11(12)4-2-8-20-15/h1-9,16H,19H2. The minimum Gasteiger partial charge on any atom is -0.320 e. The molecule has 0 aliphatic heterocycles. The number of nitrogens with zero attached hydrogens (tertiary/aromatic N) is 1. The van der Waals surface area contributed by atoms with Gasteiger partial charge >= 0.3 is 0 Å². The van der Waals surface area contributed by atoms with Gasteiger partial charge in [0.2, 0.25) is 0 Å². The highest BCUT2D eigenvalue weighted by atomic mass is 127.